The molecule has 0 bridgehead atoms. The van der Waals surface area contributed by atoms with Gasteiger partial charge in [-0.15, -0.1) is 0 Å². The molecule has 128 valence electrons. The number of nitrogens with zero attached hydrogens (tertiary/aromatic N) is 3. The smallest absolute Gasteiger partial charge is 0.232 e. The summed E-state index contributed by atoms with van der Waals surface area (Å²) in [4.78, 5) is 19.4. The van der Waals surface area contributed by atoms with E-state index in [0.717, 1.165) is 39.0 Å². The first-order valence-electron chi connectivity index (χ1n) is 8.55. The van der Waals surface area contributed by atoms with E-state index in [4.69, 9.17) is 9.26 Å². The highest BCUT2D eigenvalue weighted by Gasteiger charge is 2.52. The van der Waals surface area contributed by atoms with Crippen LogP contribution in [0.1, 0.15) is 57.7 Å². The van der Waals surface area contributed by atoms with Gasteiger partial charge in [-0.1, -0.05) is 25.9 Å². The molecule has 0 aliphatic carbocycles. The second-order valence-electron chi connectivity index (χ2n) is 7.63. The van der Waals surface area contributed by atoms with Gasteiger partial charge in [0.25, 0.3) is 0 Å². The van der Waals surface area contributed by atoms with E-state index in [-0.39, 0.29) is 22.7 Å². The van der Waals surface area contributed by atoms with Gasteiger partial charge in [-0.25, -0.2) is 0 Å². The molecule has 1 aromatic rings. The van der Waals surface area contributed by atoms with E-state index in [1.165, 1.54) is 0 Å². The average molecular weight is 321 g/mol. The van der Waals surface area contributed by atoms with E-state index in [2.05, 4.69) is 17.1 Å². The third kappa shape index (κ3) is 2.89. The molecule has 1 amide bonds. The summed E-state index contributed by atoms with van der Waals surface area (Å²) in [6.07, 6.45) is 2.72. The Bertz CT molecular complexity index is 575. The molecule has 1 atom stereocenters. The maximum atomic E-state index is 12.9. The molecule has 1 aromatic heterocycles. The lowest BCUT2D eigenvalue weighted by molar-refractivity contribution is -0.140. The van der Waals surface area contributed by atoms with Crippen LogP contribution in [0.3, 0.4) is 0 Å². The fourth-order valence-corrected chi connectivity index (χ4v) is 3.78. The minimum absolute atomic E-state index is 0.0106. The van der Waals surface area contributed by atoms with Crippen molar-refractivity contribution in [3.05, 3.63) is 11.7 Å². The number of likely N-dealkylation sites (tertiary alicyclic amines) is 1. The van der Waals surface area contributed by atoms with E-state index >= 15 is 0 Å². The Morgan fingerprint density at radius 3 is 2.65 bits per heavy atom. The number of aryl methyl sites for hydroxylation is 1. The number of amides is 1. The molecule has 6 nitrogen and oxygen atoms in total. The quantitative estimate of drug-likeness (QED) is 0.856. The summed E-state index contributed by atoms with van der Waals surface area (Å²) in [6, 6.07) is 0. The van der Waals surface area contributed by atoms with Gasteiger partial charge in [0.2, 0.25) is 11.8 Å². The summed E-state index contributed by atoms with van der Waals surface area (Å²) in [5, 5.41) is 3.95. The SMILES string of the molecule is CCC(C)(C)C(=O)N1CC(c2nc(C)no2)C2(CCOCC2)C1. The number of ether oxygens (including phenoxy) is 1. The largest absolute Gasteiger partial charge is 0.381 e. The average Bonchev–Trinajstić information content (AvgIpc) is 3.11. The van der Waals surface area contributed by atoms with Crippen LogP contribution in [0.25, 0.3) is 0 Å². The lowest BCUT2D eigenvalue weighted by Crippen LogP contribution is -2.41. The van der Waals surface area contributed by atoms with Crippen LogP contribution in [0.5, 0.6) is 0 Å². The summed E-state index contributed by atoms with van der Waals surface area (Å²) in [5.41, 5.74) is -0.317. The molecule has 1 unspecified atom stereocenters. The minimum atomic E-state index is -0.327. The number of carbonyl (C=O) groups is 1. The highest BCUT2D eigenvalue weighted by Crippen LogP contribution is 2.49. The predicted octanol–water partition coefficient (Wildman–Crippen LogP) is 2.54. The summed E-state index contributed by atoms with van der Waals surface area (Å²) in [7, 11) is 0. The van der Waals surface area contributed by atoms with Gasteiger partial charge < -0.3 is 14.2 Å². The molecule has 0 aromatic carbocycles. The van der Waals surface area contributed by atoms with Gasteiger partial charge in [-0.3, -0.25) is 4.79 Å². The van der Waals surface area contributed by atoms with Crippen molar-refractivity contribution in [3.63, 3.8) is 0 Å². The van der Waals surface area contributed by atoms with Crippen molar-refractivity contribution in [1.82, 2.24) is 15.0 Å². The third-order valence-corrected chi connectivity index (χ3v) is 5.73. The molecular formula is C17H27N3O3. The van der Waals surface area contributed by atoms with Crippen molar-refractivity contribution >= 4 is 5.91 Å². The topological polar surface area (TPSA) is 68.5 Å². The molecule has 2 aliphatic heterocycles. The van der Waals surface area contributed by atoms with E-state index < -0.39 is 0 Å². The molecule has 0 radical (unpaired) electrons. The molecule has 23 heavy (non-hydrogen) atoms. The summed E-state index contributed by atoms with van der Waals surface area (Å²) in [6.45, 7) is 10.9. The van der Waals surface area contributed by atoms with E-state index in [0.29, 0.717) is 18.3 Å². The van der Waals surface area contributed by atoms with E-state index in [1.54, 1.807) is 0 Å². The van der Waals surface area contributed by atoms with E-state index in [1.807, 2.05) is 25.7 Å². The Hall–Kier alpha value is -1.43. The van der Waals surface area contributed by atoms with E-state index in [9.17, 15) is 4.79 Å². The molecule has 0 saturated carbocycles. The standard InChI is InChI=1S/C17H27N3O3/c1-5-16(3,4)15(21)20-10-13(14-18-12(2)19-23-14)17(11-20)6-8-22-9-7-17/h13H,5-11H2,1-4H3. The maximum Gasteiger partial charge on any atom is 0.232 e. The van der Waals surface area contributed by atoms with Gasteiger partial charge in [0.05, 0.1) is 5.92 Å². The maximum absolute atomic E-state index is 12.9. The highest BCUT2D eigenvalue weighted by atomic mass is 16.5. The lowest BCUT2D eigenvalue weighted by Gasteiger charge is -2.36. The molecule has 2 fully saturated rings. The number of hydrogen-bond acceptors (Lipinski definition) is 5. The van der Waals surface area contributed by atoms with Crippen molar-refractivity contribution in [1.29, 1.82) is 0 Å². The first kappa shape index (κ1) is 16.4. The zero-order chi connectivity index (χ0) is 16.7. The number of rotatable bonds is 3. The fraction of sp³-hybridized carbons (Fsp3) is 0.824. The molecular weight excluding hydrogens is 294 g/mol. The van der Waals surface area contributed by atoms with Crippen LogP contribution in [0.15, 0.2) is 4.52 Å². The molecule has 3 heterocycles. The summed E-state index contributed by atoms with van der Waals surface area (Å²) in [5.74, 6) is 1.67. The van der Waals surface area contributed by atoms with Gasteiger partial charge in [0.15, 0.2) is 5.82 Å². The van der Waals surface area contributed by atoms with Gasteiger partial charge in [0, 0.05) is 37.1 Å². The van der Waals surface area contributed by atoms with Crippen molar-refractivity contribution in [2.45, 2.75) is 52.9 Å². The highest BCUT2D eigenvalue weighted by molar-refractivity contribution is 5.82. The molecule has 1 spiro atoms. The Kier molecular flexibility index (Phi) is 4.21. The predicted molar refractivity (Wildman–Crippen MR) is 84.9 cm³/mol. The van der Waals surface area contributed by atoms with Crippen LogP contribution in [0.4, 0.5) is 0 Å². The Morgan fingerprint density at radius 2 is 2.09 bits per heavy atom. The summed E-state index contributed by atoms with van der Waals surface area (Å²) < 4.78 is 11.0. The van der Waals surface area contributed by atoms with Crippen molar-refractivity contribution < 1.29 is 14.1 Å². The first-order chi connectivity index (χ1) is 10.9. The van der Waals surface area contributed by atoms with Crippen LogP contribution < -0.4 is 0 Å². The Balaban J connectivity index is 1.89. The van der Waals surface area contributed by atoms with Crippen LogP contribution in [0, 0.1) is 17.8 Å². The molecule has 2 saturated heterocycles. The second kappa shape index (κ2) is 5.89. The van der Waals surface area contributed by atoms with Crippen molar-refractivity contribution in [2.75, 3.05) is 26.3 Å². The van der Waals surface area contributed by atoms with Gasteiger partial charge in [0.1, 0.15) is 0 Å². The fourth-order valence-electron chi connectivity index (χ4n) is 3.78. The number of hydrogen-bond donors (Lipinski definition) is 0. The zero-order valence-corrected chi connectivity index (χ0v) is 14.6. The number of aromatic nitrogens is 2. The normalized spacial score (nSPS) is 24.3. The zero-order valence-electron chi connectivity index (χ0n) is 14.6. The van der Waals surface area contributed by atoms with Crippen LogP contribution >= 0.6 is 0 Å². The number of carbonyl (C=O) groups excluding carboxylic acids is 1. The molecule has 0 N–H and O–H groups in total. The first-order valence-corrected chi connectivity index (χ1v) is 8.55. The molecule has 3 rings (SSSR count). The third-order valence-electron chi connectivity index (χ3n) is 5.73. The Morgan fingerprint density at radius 1 is 1.39 bits per heavy atom. The van der Waals surface area contributed by atoms with Crippen molar-refractivity contribution in [2.24, 2.45) is 10.8 Å². The van der Waals surface area contributed by atoms with Gasteiger partial charge >= 0.3 is 0 Å². The van der Waals surface area contributed by atoms with Crippen molar-refractivity contribution in [3.8, 4) is 0 Å². The monoisotopic (exact) mass is 321 g/mol. The lowest BCUT2D eigenvalue weighted by atomic mass is 9.72. The minimum Gasteiger partial charge on any atom is -0.381 e. The molecule has 2 aliphatic rings. The van der Waals surface area contributed by atoms with Crippen LogP contribution in [-0.2, 0) is 9.53 Å². The Labute approximate surface area is 137 Å². The summed E-state index contributed by atoms with van der Waals surface area (Å²) >= 11 is 0. The van der Waals surface area contributed by atoms with Crippen LogP contribution in [0.2, 0.25) is 0 Å². The second-order valence-corrected chi connectivity index (χ2v) is 7.63. The van der Waals surface area contributed by atoms with Gasteiger partial charge in [-0.05, 0) is 26.2 Å². The molecule has 6 heteroatoms. The van der Waals surface area contributed by atoms with Gasteiger partial charge in [-0.2, -0.15) is 4.98 Å². The van der Waals surface area contributed by atoms with Crippen LogP contribution in [-0.4, -0.2) is 47.3 Å².